The summed E-state index contributed by atoms with van der Waals surface area (Å²) in [6.07, 6.45) is 5.55. The average molecular weight is 439 g/mol. The van der Waals surface area contributed by atoms with Gasteiger partial charge in [0.2, 0.25) is 0 Å². The van der Waals surface area contributed by atoms with Crippen molar-refractivity contribution < 1.29 is 9.84 Å². The van der Waals surface area contributed by atoms with Crippen molar-refractivity contribution >= 4 is 17.4 Å². The lowest BCUT2D eigenvalue weighted by molar-refractivity contribution is 0.204. The first-order chi connectivity index (χ1) is 15.2. The van der Waals surface area contributed by atoms with Crippen LogP contribution in [-0.2, 0) is 6.54 Å². The molecule has 0 unspecified atom stereocenters. The van der Waals surface area contributed by atoms with Crippen LogP contribution in [0.4, 0.5) is 5.69 Å². The molecule has 164 valence electrons. The minimum absolute atomic E-state index is 0.419. The summed E-state index contributed by atoms with van der Waals surface area (Å²) in [7, 11) is 1.67. The molecule has 1 atom stereocenters. The molecule has 0 amide bonds. The van der Waals surface area contributed by atoms with E-state index in [4.69, 9.17) is 4.74 Å². The molecule has 1 aliphatic rings. The number of aromatic nitrogens is 3. The molecule has 0 aliphatic heterocycles. The molecule has 4 rings (SSSR count). The number of thioether (sulfide) groups is 1. The van der Waals surface area contributed by atoms with E-state index in [0.717, 1.165) is 40.8 Å². The Morgan fingerprint density at radius 1 is 1.10 bits per heavy atom. The number of hydrogen-bond acceptors (Lipinski definition) is 6. The number of anilines is 1. The molecule has 1 saturated carbocycles. The van der Waals surface area contributed by atoms with Gasteiger partial charge in [0.25, 0.3) is 0 Å². The lowest BCUT2D eigenvalue weighted by Gasteiger charge is -2.26. The largest absolute Gasteiger partial charge is 0.497 e. The normalized spacial score (nSPS) is 15.5. The molecule has 1 heterocycles. The number of hydrogen-bond donors (Lipinski definition) is 2. The molecule has 1 aliphatic carbocycles. The van der Waals surface area contributed by atoms with Crippen molar-refractivity contribution in [3.63, 3.8) is 0 Å². The second-order valence-electron chi connectivity index (χ2n) is 7.88. The topological polar surface area (TPSA) is 72.2 Å². The zero-order valence-corrected chi connectivity index (χ0v) is 18.7. The van der Waals surface area contributed by atoms with Crippen molar-refractivity contribution in [2.24, 2.45) is 0 Å². The summed E-state index contributed by atoms with van der Waals surface area (Å²) < 4.78 is 7.62. The van der Waals surface area contributed by atoms with Gasteiger partial charge < -0.3 is 19.7 Å². The maximum absolute atomic E-state index is 10.6. The molecule has 7 heteroatoms. The van der Waals surface area contributed by atoms with Gasteiger partial charge >= 0.3 is 0 Å². The Morgan fingerprint density at radius 2 is 1.90 bits per heavy atom. The molecular weight excluding hydrogens is 408 g/mol. The van der Waals surface area contributed by atoms with Gasteiger partial charge in [0.05, 0.1) is 19.8 Å². The molecule has 0 bridgehead atoms. The molecule has 1 fully saturated rings. The van der Waals surface area contributed by atoms with E-state index in [0.29, 0.717) is 18.3 Å². The molecule has 0 spiro atoms. The maximum Gasteiger partial charge on any atom is 0.191 e. The van der Waals surface area contributed by atoms with E-state index in [1.165, 1.54) is 19.3 Å². The summed E-state index contributed by atoms with van der Waals surface area (Å²) >= 11 is 1.58. The van der Waals surface area contributed by atoms with Gasteiger partial charge in [-0.2, -0.15) is 0 Å². The number of benzene rings is 2. The summed E-state index contributed by atoms with van der Waals surface area (Å²) in [5.41, 5.74) is 1.92. The second kappa shape index (κ2) is 10.7. The third-order valence-corrected chi connectivity index (χ3v) is 6.77. The van der Waals surface area contributed by atoms with Crippen molar-refractivity contribution in [2.75, 3.05) is 18.2 Å². The van der Waals surface area contributed by atoms with Crippen molar-refractivity contribution in [3.05, 3.63) is 66.0 Å². The number of aliphatic hydroxyl groups is 1. The van der Waals surface area contributed by atoms with Crippen LogP contribution < -0.4 is 10.1 Å². The molecule has 6 nitrogen and oxygen atoms in total. The van der Waals surface area contributed by atoms with Crippen molar-refractivity contribution in [1.29, 1.82) is 0 Å². The lowest BCUT2D eigenvalue weighted by Crippen LogP contribution is -2.18. The fourth-order valence-electron chi connectivity index (χ4n) is 4.07. The van der Waals surface area contributed by atoms with E-state index in [1.54, 1.807) is 18.9 Å². The predicted molar refractivity (Wildman–Crippen MR) is 125 cm³/mol. The highest BCUT2D eigenvalue weighted by atomic mass is 32.2. The van der Waals surface area contributed by atoms with Gasteiger partial charge in [-0.05, 0) is 30.5 Å². The summed E-state index contributed by atoms with van der Waals surface area (Å²) in [5, 5.41) is 24.0. The zero-order chi connectivity index (χ0) is 21.5. The maximum atomic E-state index is 10.6. The monoisotopic (exact) mass is 438 g/mol. The van der Waals surface area contributed by atoms with E-state index in [-0.39, 0.29) is 0 Å². The molecule has 0 radical (unpaired) electrons. The molecule has 2 N–H and O–H groups in total. The number of methoxy groups -OCH3 is 1. The second-order valence-corrected chi connectivity index (χ2v) is 8.87. The highest BCUT2D eigenvalue weighted by Gasteiger charge is 2.23. The number of rotatable bonds is 9. The van der Waals surface area contributed by atoms with E-state index >= 15 is 0 Å². The van der Waals surface area contributed by atoms with Crippen LogP contribution in [0.5, 0.6) is 5.75 Å². The van der Waals surface area contributed by atoms with Crippen LogP contribution in [0.3, 0.4) is 0 Å². The Balaban J connectivity index is 1.49. The number of aliphatic hydroxyl groups excluding tert-OH is 1. The fourth-order valence-corrected chi connectivity index (χ4v) is 5.06. The van der Waals surface area contributed by atoms with E-state index in [9.17, 15) is 5.11 Å². The van der Waals surface area contributed by atoms with E-state index < -0.39 is 6.10 Å². The first kappa shape index (κ1) is 21.7. The lowest BCUT2D eigenvalue weighted by atomic mass is 9.95. The summed E-state index contributed by atoms with van der Waals surface area (Å²) in [5.74, 6) is 2.31. The zero-order valence-electron chi connectivity index (χ0n) is 17.9. The number of ether oxygens (including phenoxy) is 1. The van der Waals surface area contributed by atoms with E-state index in [2.05, 4.69) is 20.1 Å². The first-order valence-corrected chi connectivity index (χ1v) is 11.9. The molecule has 0 saturated heterocycles. The molecule has 1 aromatic heterocycles. The SMILES string of the molecule is COc1cccc(NCc2nnc(SC[C@H](O)c3ccccc3)n2C2CCCCC2)c1. The van der Waals surface area contributed by atoms with Gasteiger partial charge in [-0.15, -0.1) is 10.2 Å². The highest BCUT2D eigenvalue weighted by molar-refractivity contribution is 7.99. The van der Waals surface area contributed by atoms with Gasteiger partial charge in [0.1, 0.15) is 5.75 Å². The Kier molecular flexibility index (Phi) is 7.48. The van der Waals surface area contributed by atoms with Crippen molar-refractivity contribution in [3.8, 4) is 5.75 Å². The molecule has 3 aromatic rings. The summed E-state index contributed by atoms with van der Waals surface area (Å²) in [6, 6.07) is 18.1. The highest BCUT2D eigenvalue weighted by Crippen LogP contribution is 2.34. The smallest absolute Gasteiger partial charge is 0.191 e. The number of nitrogens with one attached hydrogen (secondary N) is 1. The Labute approximate surface area is 188 Å². The third kappa shape index (κ3) is 5.60. The van der Waals surface area contributed by atoms with Crippen LogP contribution in [0.2, 0.25) is 0 Å². The average Bonchev–Trinajstić information content (AvgIpc) is 3.25. The van der Waals surface area contributed by atoms with Gasteiger partial charge in [-0.3, -0.25) is 0 Å². The van der Waals surface area contributed by atoms with Crippen LogP contribution in [0.1, 0.15) is 55.6 Å². The van der Waals surface area contributed by atoms with Crippen molar-refractivity contribution in [1.82, 2.24) is 14.8 Å². The quantitative estimate of drug-likeness (QED) is 0.446. The molecule has 2 aromatic carbocycles. The van der Waals surface area contributed by atoms with E-state index in [1.807, 2.05) is 54.6 Å². The van der Waals surface area contributed by atoms with Crippen LogP contribution in [0.15, 0.2) is 59.8 Å². The standard InChI is InChI=1S/C24H30N4O2S/c1-30-21-14-8-11-19(15-21)25-16-23-26-27-24(28(23)20-12-6-3-7-13-20)31-17-22(29)18-9-4-2-5-10-18/h2,4-5,8-11,14-15,20,22,25,29H,3,6-7,12-13,16-17H2,1H3/t22-/m0/s1. The third-order valence-electron chi connectivity index (χ3n) is 5.75. The van der Waals surface area contributed by atoms with Crippen molar-refractivity contribution in [2.45, 2.75) is 56.0 Å². The Bertz CT molecular complexity index is 957. The molecular formula is C24H30N4O2S. The first-order valence-electron chi connectivity index (χ1n) is 10.9. The summed E-state index contributed by atoms with van der Waals surface area (Å²) in [6.45, 7) is 0.596. The van der Waals surface area contributed by atoms with Crippen LogP contribution >= 0.6 is 11.8 Å². The van der Waals surface area contributed by atoms with Gasteiger partial charge in [0.15, 0.2) is 11.0 Å². The van der Waals surface area contributed by atoms with Gasteiger partial charge in [0, 0.05) is 23.5 Å². The Morgan fingerprint density at radius 3 is 2.68 bits per heavy atom. The van der Waals surface area contributed by atoms with Gasteiger partial charge in [-0.1, -0.05) is 67.4 Å². The Hall–Kier alpha value is -2.51. The molecule has 31 heavy (non-hydrogen) atoms. The van der Waals surface area contributed by atoms with Crippen LogP contribution in [0, 0.1) is 0 Å². The predicted octanol–water partition coefficient (Wildman–Crippen LogP) is 5.23. The fraction of sp³-hybridized carbons (Fsp3) is 0.417. The minimum atomic E-state index is -0.527. The number of nitrogens with zero attached hydrogens (tertiary/aromatic N) is 3. The van der Waals surface area contributed by atoms with Crippen LogP contribution in [0.25, 0.3) is 0 Å². The summed E-state index contributed by atoms with van der Waals surface area (Å²) in [4.78, 5) is 0. The van der Waals surface area contributed by atoms with Gasteiger partial charge in [-0.25, -0.2) is 0 Å². The van der Waals surface area contributed by atoms with Crippen LogP contribution in [-0.4, -0.2) is 32.7 Å². The minimum Gasteiger partial charge on any atom is -0.497 e.